The Morgan fingerprint density at radius 2 is 0.807 bits per heavy atom. The van der Waals surface area contributed by atoms with Crippen LogP contribution in [0.15, 0.2) is 218 Å². The van der Waals surface area contributed by atoms with Crippen LogP contribution in [0.25, 0.3) is 81.0 Å². The lowest BCUT2D eigenvalue weighted by Gasteiger charge is -2.26. The van der Waals surface area contributed by atoms with Crippen LogP contribution in [0.1, 0.15) is 0 Å². The highest BCUT2D eigenvalue weighted by atomic mass is 32.1. The molecule has 0 amide bonds. The van der Waals surface area contributed by atoms with Gasteiger partial charge in [0, 0.05) is 53.7 Å². The molecule has 0 bridgehead atoms. The average Bonchev–Trinajstić information content (AvgIpc) is 3.83. The van der Waals surface area contributed by atoms with Crippen molar-refractivity contribution in [3.8, 4) is 39.1 Å². The van der Waals surface area contributed by atoms with Crippen molar-refractivity contribution in [2.24, 2.45) is 0 Å². The van der Waals surface area contributed by atoms with E-state index in [0.717, 1.165) is 22.7 Å². The lowest BCUT2D eigenvalue weighted by molar-refractivity contribution is 1.18. The normalized spacial score (nSPS) is 11.5. The summed E-state index contributed by atoms with van der Waals surface area (Å²) in [7, 11) is 0. The van der Waals surface area contributed by atoms with E-state index in [1.165, 1.54) is 75.4 Å². The first kappa shape index (κ1) is 33.2. The number of para-hydroxylation sites is 2. The molecule has 0 atom stereocenters. The maximum Gasteiger partial charge on any atom is 0.0541 e. The van der Waals surface area contributed by atoms with E-state index in [4.69, 9.17) is 0 Å². The summed E-state index contributed by atoms with van der Waals surface area (Å²) in [5.41, 5.74) is 14.1. The molecule has 2 nitrogen and oxygen atoms in total. The Morgan fingerprint density at radius 3 is 1.47 bits per heavy atom. The molecule has 9 aromatic carbocycles. The molecule has 0 aliphatic rings. The van der Waals surface area contributed by atoms with Gasteiger partial charge in [-0.1, -0.05) is 146 Å². The number of anilines is 3. The predicted octanol–water partition coefficient (Wildman–Crippen LogP) is 15.6. The fourth-order valence-corrected chi connectivity index (χ4v) is 9.59. The van der Waals surface area contributed by atoms with Crippen LogP contribution in [-0.4, -0.2) is 4.57 Å². The van der Waals surface area contributed by atoms with Crippen LogP contribution in [0.2, 0.25) is 0 Å². The van der Waals surface area contributed by atoms with Gasteiger partial charge in [0.1, 0.15) is 0 Å². The molecule has 11 aromatic rings. The van der Waals surface area contributed by atoms with Crippen LogP contribution < -0.4 is 4.90 Å². The molecule has 0 saturated heterocycles. The highest BCUT2D eigenvalue weighted by Gasteiger charge is 2.18. The smallest absolute Gasteiger partial charge is 0.0541 e. The largest absolute Gasteiger partial charge is 0.310 e. The second-order valence-electron chi connectivity index (χ2n) is 14.5. The minimum Gasteiger partial charge on any atom is -0.310 e. The van der Waals surface area contributed by atoms with Gasteiger partial charge < -0.3 is 9.47 Å². The third-order valence-electron chi connectivity index (χ3n) is 11.2. The molecule has 0 aliphatic carbocycles. The number of benzene rings is 9. The minimum absolute atomic E-state index is 1.10. The topological polar surface area (TPSA) is 8.17 Å². The van der Waals surface area contributed by atoms with Gasteiger partial charge in [0.15, 0.2) is 0 Å². The van der Waals surface area contributed by atoms with Gasteiger partial charge in [0.25, 0.3) is 0 Å². The van der Waals surface area contributed by atoms with Crippen molar-refractivity contribution in [1.82, 2.24) is 4.57 Å². The second-order valence-corrected chi connectivity index (χ2v) is 15.6. The van der Waals surface area contributed by atoms with Gasteiger partial charge >= 0.3 is 0 Å². The number of thiophene rings is 1. The molecule has 0 unspecified atom stereocenters. The third kappa shape index (κ3) is 5.80. The zero-order valence-corrected chi connectivity index (χ0v) is 31.9. The predicted molar refractivity (Wildman–Crippen MR) is 245 cm³/mol. The van der Waals surface area contributed by atoms with Gasteiger partial charge in [-0.2, -0.15) is 0 Å². The van der Waals surface area contributed by atoms with Gasteiger partial charge in [0.05, 0.1) is 11.0 Å². The molecule has 0 fully saturated rings. The van der Waals surface area contributed by atoms with Crippen molar-refractivity contribution in [3.05, 3.63) is 218 Å². The van der Waals surface area contributed by atoms with Crippen LogP contribution in [-0.2, 0) is 0 Å². The number of fused-ring (bicyclic) bond motifs is 6. The second kappa shape index (κ2) is 13.8. The molecule has 0 N–H and O–H groups in total. The van der Waals surface area contributed by atoms with Crippen molar-refractivity contribution in [2.75, 3.05) is 4.90 Å². The number of hydrogen-bond donors (Lipinski definition) is 0. The van der Waals surface area contributed by atoms with Gasteiger partial charge in [-0.15, -0.1) is 11.3 Å². The molecular weight excluding hydrogens is 709 g/mol. The maximum atomic E-state index is 2.41. The molecule has 0 saturated carbocycles. The quantitative estimate of drug-likeness (QED) is 0.158. The highest BCUT2D eigenvalue weighted by molar-refractivity contribution is 7.25. The van der Waals surface area contributed by atoms with E-state index in [9.17, 15) is 0 Å². The van der Waals surface area contributed by atoms with E-state index in [-0.39, 0.29) is 0 Å². The number of hydrogen-bond acceptors (Lipinski definition) is 2. The Kier molecular flexibility index (Phi) is 8.04. The Morgan fingerprint density at radius 1 is 0.316 bits per heavy atom. The lowest BCUT2D eigenvalue weighted by atomic mass is 9.93. The minimum atomic E-state index is 1.10. The first-order valence-electron chi connectivity index (χ1n) is 19.4. The fraction of sp³-hybridized carbons (Fsp3) is 0. The molecule has 268 valence electrons. The zero-order chi connectivity index (χ0) is 37.7. The van der Waals surface area contributed by atoms with Crippen molar-refractivity contribution >= 4 is 70.4 Å². The number of nitrogens with zero attached hydrogens (tertiary/aromatic N) is 2. The summed E-state index contributed by atoms with van der Waals surface area (Å²) in [5, 5.41) is 5.10. The monoisotopic (exact) mass is 744 g/mol. The zero-order valence-electron chi connectivity index (χ0n) is 31.1. The van der Waals surface area contributed by atoms with Crippen LogP contribution in [0.3, 0.4) is 0 Å². The van der Waals surface area contributed by atoms with E-state index in [0.29, 0.717) is 0 Å². The van der Waals surface area contributed by atoms with Crippen LogP contribution >= 0.6 is 11.3 Å². The van der Waals surface area contributed by atoms with Crippen LogP contribution in [0.5, 0.6) is 0 Å². The van der Waals surface area contributed by atoms with Crippen molar-refractivity contribution in [1.29, 1.82) is 0 Å². The van der Waals surface area contributed by atoms with E-state index in [1.54, 1.807) is 0 Å². The summed E-state index contributed by atoms with van der Waals surface area (Å²) in [6, 6.07) is 79.4. The summed E-state index contributed by atoms with van der Waals surface area (Å²) >= 11 is 1.85. The van der Waals surface area contributed by atoms with E-state index >= 15 is 0 Å². The Balaban J connectivity index is 1.06. The molecule has 3 heteroatoms. The van der Waals surface area contributed by atoms with E-state index in [1.807, 2.05) is 11.3 Å². The molecule has 0 spiro atoms. The van der Waals surface area contributed by atoms with Crippen molar-refractivity contribution in [2.45, 2.75) is 0 Å². The third-order valence-corrected chi connectivity index (χ3v) is 12.4. The Hall–Kier alpha value is -7.20. The van der Waals surface area contributed by atoms with Crippen LogP contribution in [0, 0.1) is 0 Å². The maximum absolute atomic E-state index is 2.41. The summed E-state index contributed by atoms with van der Waals surface area (Å²) in [6.07, 6.45) is 0. The van der Waals surface area contributed by atoms with Crippen molar-refractivity contribution < 1.29 is 0 Å². The summed E-state index contributed by atoms with van der Waals surface area (Å²) in [4.78, 5) is 2.39. The molecule has 57 heavy (non-hydrogen) atoms. The lowest BCUT2D eigenvalue weighted by Crippen LogP contribution is -2.09. The fourth-order valence-electron chi connectivity index (χ4n) is 8.50. The Labute approximate surface area is 335 Å². The van der Waals surface area contributed by atoms with Gasteiger partial charge in [-0.25, -0.2) is 0 Å². The Bertz CT molecular complexity index is 3160. The number of rotatable bonds is 7. The molecule has 0 aliphatic heterocycles. The van der Waals surface area contributed by atoms with E-state index in [2.05, 4.69) is 228 Å². The SMILES string of the molecule is c1ccc(-c2ccc(N(c3ccc(-c4cc(-n5c6ccccc6c6ccccc65)ccc4-c4ccccc4)cc3)c3ccc4sc5ccccc5c4c3)cc2)cc1. The van der Waals surface area contributed by atoms with E-state index < -0.39 is 0 Å². The molecule has 11 rings (SSSR count). The van der Waals surface area contributed by atoms with Crippen LogP contribution in [0.4, 0.5) is 17.1 Å². The molecule has 2 heterocycles. The van der Waals surface area contributed by atoms with Gasteiger partial charge in [-0.3, -0.25) is 0 Å². The summed E-state index contributed by atoms with van der Waals surface area (Å²) < 4.78 is 5.01. The van der Waals surface area contributed by atoms with Gasteiger partial charge in [-0.05, 0) is 106 Å². The molecule has 2 aromatic heterocycles. The number of aromatic nitrogens is 1. The van der Waals surface area contributed by atoms with Crippen molar-refractivity contribution in [3.63, 3.8) is 0 Å². The molecule has 0 radical (unpaired) electrons. The summed E-state index contributed by atoms with van der Waals surface area (Å²) in [6.45, 7) is 0. The summed E-state index contributed by atoms with van der Waals surface area (Å²) in [5.74, 6) is 0. The highest BCUT2D eigenvalue weighted by Crippen LogP contribution is 2.43. The standard InChI is InChI=1S/C54H36N2S/c1-3-13-37(14-4-1)38-23-27-41(28-24-38)55(43-32-34-54-50(36-43)48-19-9-12-22-53(48)57-54)42-29-25-40(26-30-42)49-35-44(31-33-45(49)39-15-5-2-6-16-39)56-51-20-10-7-17-46(51)47-18-8-11-21-52(47)56/h1-36H. The first-order valence-corrected chi connectivity index (χ1v) is 20.2. The average molecular weight is 745 g/mol. The van der Waals surface area contributed by atoms with Gasteiger partial charge in [0.2, 0.25) is 0 Å². The molecular formula is C54H36N2S. The first-order chi connectivity index (χ1) is 28.3.